The van der Waals surface area contributed by atoms with Gasteiger partial charge in [-0.05, 0) is 25.1 Å². The van der Waals surface area contributed by atoms with Gasteiger partial charge in [0.15, 0.2) is 0 Å². The number of nitrogens with zero attached hydrogens (tertiary/aromatic N) is 3. The molecule has 6 nitrogen and oxygen atoms in total. The molecule has 1 N–H and O–H groups in total. The third-order valence-electron chi connectivity index (χ3n) is 2.81. The molecule has 0 aliphatic heterocycles. The van der Waals surface area contributed by atoms with E-state index in [0.717, 1.165) is 16.5 Å². The quantitative estimate of drug-likeness (QED) is 0.782. The van der Waals surface area contributed by atoms with Gasteiger partial charge in [-0.2, -0.15) is 4.98 Å². The zero-order valence-electron chi connectivity index (χ0n) is 12.0. The molecule has 0 bridgehead atoms. The van der Waals surface area contributed by atoms with E-state index in [-0.39, 0.29) is 19.0 Å². The summed E-state index contributed by atoms with van der Waals surface area (Å²) in [6.07, 6.45) is 0.861. The summed E-state index contributed by atoms with van der Waals surface area (Å²) in [5, 5.41) is 12.8. The summed E-state index contributed by atoms with van der Waals surface area (Å²) in [5.74, 6) is 0.0490. The number of carbonyl (C=O) groups is 1. The highest BCUT2D eigenvalue weighted by Crippen LogP contribution is 2.20. The van der Waals surface area contributed by atoms with Crippen LogP contribution in [-0.4, -0.2) is 39.2 Å². The molecule has 0 saturated carbocycles. The highest BCUT2D eigenvalue weighted by Gasteiger charge is 2.15. The minimum absolute atomic E-state index is 0. The first-order valence-corrected chi connectivity index (χ1v) is 7.40. The van der Waals surface area contributed by atoms with Crippen LogP contribution in [0.3, 0.4) is 0 Å². The molecule has 1 aromatic heterocycles. The van der Waals surface area contributed by atoms with Gasteiger partial charge in [-0.25, -0.2) is 0 Å². The summed E-state index contributed by atoms with van der Waals surface area (Å²) in [5.41, 5.74) is 0.847. The van der Waals surface area contributed by atoms with Crippen molar-refractivity contribution in [2.24, 2.45) is 0 Å². The van der Waals surface area contributed by atoms with E-state index in [2.05, 4.69) is 26.1 Å². The molecule has 120 valence electrons. The van der Waals surface area contributed by atoms with Crippen molar-refractivity contribution in [2.45, 2.75) is 19.9 Å². The lowest BCUT2D eigenvalue weighted by Gasteiger charge is -2.16. The maximum Gasteiger partial charge on any atom is 0.317 e. The average Bonchev–Trinajstić information content (AvgIpc) is 2.87. The maximum absolute atomic E-state index is 10.8. The minimum Gasteiger partial charge on any atom is -0.480 e. The van der Waals surface area contributed by atoms with E-state index in [1.165, 1.54) is 0 Å². The molecule has 1 heterocycles. The molecule has 0 aliphatic rings. The number of hydrogen-bond donors (Lipinski definition) is 1. The van der Waals surface area contributed by atoms with Crippen molar-refractivity contribution in [1.29, 1.82) is 0 Å². The lowest BCUT2D eigenvalue weighted by molar-refractivity contribution is -0.138. The van der Waals surface area contributed by atoms with Crippen LogP contribution in [0.25, 0.3) is 11.4 Å². The van der Waals surface area contributed by atoms with Gasteiger partial charge in [-0.15, -0.1) is 12.4 Å². The summed E-state index contributed by atoms with van der Waals surface area (Å²) in [4.78, 5) is 16.9. The van der Waals surface area contributed by atoms with E-state index < -0.39 is 5.97 Å². The number of carboxylic acid groups (broad SMARTS) is 1. The number of rotatable bonds is 7. The molecule has 0 amide bonds. The van der Waals surface area contributed by atoms with Gasteiger partial charge < -0.3 is 9.63 Å². The number of carboxylic acids is 1. The van der Waals surface area contributed by atoms with E-state index >= 15 is 0 Å². The molecule has 2 aromatic rings. The topological polar surface area (TPSA) is 79.5 Å². The van der Waals surface area contributed by atoms with Crippen molar-refractivity contribution in [2.75, 3.05) is 13.1 Å². The Morgan fingerprint density at radius 3 is 2.86 bits per heavy atom. The van der Waals surface area contributed by atoms with Crippen molar-refractivity contribution in [3.63, 3.8) is 0 Å². The molecule has 8 heteroatoms. The Morgan fingerprint density at radius 1 is 1.45 bits per heavy atom. The Kier molecular flexibility index (Phi) is 7.50. The van der Waals surface area contributed by atoms with E-state index in [1.54, 1.807) is 4.90 Å². The van der Waals surface area contributed by atoms with Crippen molar-refractivity contribution in [3.05, 3.63) is 34.6 Å². The standard InChI is InChI=1S/C14H16BrN3O3.ClH/c1-2-6-18(9-13(19)20)8-12-16-14(17-21-12)10-4-3-5-11(15)7-10;/h3-5,7H,2,6,8-9H2,1H3,(H,19,20);1H. The van der Waals surface area contributed by atoms with Crippen LogP contribution in [0.5, 0.6) is 0 Å². The van der Waals surface area contributed by atoms with Crippen LogP contribution in [0.15, 0.2) is 33.3 Å². The predicted molar refractivity (Wildman–Crippen MR) is 87.9 cm³/mol. The third kappa shape index (κ3) is 5.40. The van der Waals surface area contributed by atoms with E-state index in [9.17, 15) is 4.79 Å². The zero-order chi connectivity index (χ0) is 15.2. The highest BCUT2D eigenvalue weighted by molar-refractivity contribution is 9.10. The second-order valence-corrected chi connectivity index (χ2v) is 5.54. The molecule has 0 spiro atoms. The molecule has 0 radical (unpaired) electrons. The molecule has 0 atom stereocenters. The first-order valence-electron chi connectivity index (χ1n) is 6.61. The van der Waals surface area contributed by atoms with Gasteiger partial charge in [0.1, 0.15) is 0 Å². The van der Waals surface area contributed by atoms with Gasteiger partial charge in [0.25, 0.3) is 0 Å². The van der Waals surface area contributed by atoms with Gasteiger partial charge in [0, 0.05) is 10.0 Å². The molecule has 2 rings (SSSR count). The van der Waals surface area contributed by atoms with Crippen LogP contribution in [0.4, 0.5) is 0 Å². The number of hydrogen-bond acceptors (Lipinski definition) is 5. The number of halogens is 2. The SMILES string of the molecule is CCCN(CC(=O)O)Cc1nc(-c2cccc(Br)c2)no1.Cl. The summed E-state index contributed by atoms with van der Waals surface area (Å²) < 4.78 is 6.14. The van der Waals surface area contributed by atoms with E-state index in [0.29, 0.717) is 24.8 Å². The van der Waals surface area contributed by atoms with E-state index in [1.807, 2.05) is 31.2 Å². The largest absolute Gasteiger partial charge is 0.480 e. The Bertz CT molecular complexity index is 621. The fourth-order valence-corrected chi connectivity index (χ4v) is 2.38. The minimum atomic E-state index is -0.866. The van der Waals surface area contributed by atoms with Crippen molar-refractivity contribution in [3.8, 4) is 11.4 Å². The van der Waals surface area contributed by atoms with Gasteiger partial charge >= 0.3 is 5.97 Å². The van der Waals surface area contributed by atoms with Crippen LogP contribution in [0, 0.1) is 0 Å². The van der Waals surface area contributed by atoms with Crippen LogP contribution in [0.1, 0.15) is 19.2 Å². The molecular formula is C14H17BrClN3O3. The molecule has 22 heavy (non-hydrogen) atoms. The first-order chi connectivity index (χ1) is 10.1. The molecular weight excluding hydrogens is 374 g/mol. The first kappa shape index (κ1) is 18.6. The highest BCUT2D eigenvalue weighted by atomic mass is 79.9. The van der Waals surface area contributed by atoms with E-state index in [4.69, 9.17) is 9.63 Å². The summed E-state index contributed by atoms with van der Waals surface area (Å²) in [6.45, 7) is 2.96. The predicted octanol–water partition coefficient (Wildman–Crippen LogP) is 3.22. The van der Waals surface area contributed by atoms with Crippen molar-refractivity contribution < 1.29 is 14.4 Å². The zero-order valence-corrected chi connectivity index (χ0v) is 14.4. The Hall–Kier alpha value is -1.44. The summed E-state index contributed by atoms with van der Waals surface area (Å²) >= 11 is 3.39. The lowest BCUT2D eigenvalue weighted by Crippen LogP contribution is -2.30. The van der Waals surface area contributed by atoms with Gasteiger partial charge in [-0.1, -0.05) is 40.1 Å². The molecule has 0 saturated heterocycles. The van der Waals surface area contributed by atoms with Crippen LogP contribution in [0.2, 0.25) is 0 Å². The fourth-order valence-electron chi connectivity index (χ4n) is 1.98. The smallest absolute Gasteiger partial charge is 0.317 e. The van der Waals surface area contributed by atoms with Crippen molar-refractivity contribution in [1.82, 2.24) is 15.0 Å². The molecule has 0 unspecified atom stereocenters. The second-order valence-electron chi connectivity index (χ2n) is 4.63. The van der Waals surface area contributed by atoms with Crippen LogP contribution in [-0.2, 0) is 11.3 Å². The molecule has 1 aromatic carbocycles. The molecule has 0 aliphatic carbocycles. The Morgan fingerprint density at radius 2 is 2.23 bits per heavy atom. The van der Waals surface area contributed by atoms with Gasteiger partial charge in [0.05, 0.1) is 13.1 Å². The van der Waals surface area contributed by atoms with Crippen LogP contribution >= 0.6 is 28.3 Å². The van der Waals surface area contributed by atoms with Crippen LogP contribution < -0.4 is 0 Å². The summed E-state index contributed by atoms with van der Waals surface area (Å²) in [6, 6.07) is 7.60. The lowest BCUT2D eigenvalue weighted by atomic mass is 10.2. The fraction of sp³-hybridized carbons (Fsp3) is 0.357. The summed E-state index contributed by atoms with van der Waals surface area (Å²) in [7, 11) is 0. The normalized spacial score (nSPS) is 10.5. The third-order valence-corrected chi connectivity index (χ3v) is 3.30. The van der Waals surface area contributed by atoms with Gasteiger partial charge in [-0.3, -0.25) is 9.69 Å². The monoisotopic (exact) mass is 389 g/mol. The molecule has 0 fully saturated rings. The van der Waals surface area contributed by atoms with Gasteiger partial charge in [0.2, 0.25) is 11.7 Å². The van der Waals surface area contributed by atoms with Crippen molar-refractivity contribution >= 4 is 34.3 Å². The Balaban J connectivity index is 0.00000242. The number of aliphatic carboxylic acids is 1. The average molecular weight is 391 g/mol. The number of benzene rings is 1. The Labute approximate surface area is 143 Å². The maximum atomic E-state index is 10.8. The second kappa shape index (κ2) is 8.87. The number of aromatic nitrogens is 2.